The van der Waals surface area contributed by atoms with E-state index in [9.17, 15) is 5.11 Å². The molecule has 0 radical (unpaired) electrons. The van der Waals surface area contributed by atoms with Crippen LogP contribution in [0.5, 0.6) is 0 Å². The molecule has 5 unspecified atom stereocenters. The lowest BCUT2D eigenvalue weighted by atomic mass is 9.59. The van der Waals surface area contributed by atoms with Gasteiger partial charge in [0.2, 0.25) is 0 Å². The van der Waals surface area contributed by atoms with Gasteiger partial charge in [0.25, 0.3) is 0 Å². The molecule has 104 valence electrons. The van der Waals surface area contributed by atoms with Gasteiger partial charge in [-0.1, -0.05) is 27.7 Å². The third kappa shape index (κ3) is 1.28. The van der Waals surface area contributed by atoms with Gasteiger partial charge < -0.3 is 9.84 Å². The zero-order valence-corrected chi connectivity index (χ0v) is 12.8. The normalized spacial score (nSPS) is 57.3. The molecular formula is C15H25ClO2. The van der Waals surface area contributed by atoms with Gasteiger partial charge in [-0.3, -0.25) is 0 Å². The Bertz CT molecular complexity index is 390. The summed E-state index contributed by atoms with van der Waals surface area (Å²) in [6.07, 6.45) is 2.91. The SMILES string of the molecule is CC(C)C1CC(C)(C)CC23OC12CC(Cl)C3(C)O. The molecular weight excluding hydrogens is 248 g/mol. The molecule has 3 fully saturated rings. The summed E-state index contributed by atoms with van der Waals surface area (Å²) in [6, 6.07) is 0. The summed E-state index contributed by atoms with van der Waals surface area (Å²) in [7, 11) is 0. The zero-order chi connectivity index (χ0) is 13.6. The maximum atomic E-state index is 10.8. The quantitative estimate of drug-likeness (QED) is 0.587. The van der Waals surface area contributed by atoms with E-state index in [2.05, 4.69) is 27.7 Å². The fourth-order valence-corrected chi connectivity index (χ4v) is 5.32. The summed E-state index contributed by atoms with van der Waals surface area (Å²) in [6.45, 7) is 11.0. The second-order valence-corrected chi connectivity index (χ2v) is 8.56. The van der Waals surface area contributed by atoms with Crippen molar-refractivity contribution in [3.8, 4) is 0 Å². The number of alkyl halides is 1. The monoisotopic (exact) mass is 272 g/mol. The molecule has 0 spiro atoms. The highest BCUT2D eigenvalue weighted by molar-refractivity contribution is 6.22. The third-order valence-corrected chi connectivity index (χ3v) is 6.39. The predicted octanol–water partition coefficient (Wildman–Crippen LogP) is 3.35. The largest absolute Gasteiger partial charge is 0.385 e. The Hall–Kier alpha value is 0.210. The summed E-state index contributed by atoms with van der Waals surface area (Å²) >= 11 is 6.43. The van der Waals surface area contributed by atoms with Gasteiger partial charge in [-0.05, 0) is 43.4 Å². The second-order valence-electron chi connectivity index (χ2n) is 8.03. The van der Waals surface area contributed by atoms with Crippen molar-refractivity contribution in [2.45, 2.75) is 76.1 Å². The van der Waals surface area contributed by atoms with Crippen LogP contribution in [0.4, 0.5) is 0 Å². The first-order valence-electron chi connectivity index (χ1n) is 7.15. The Morgan fingerprint density at radius 1 is 1.22 bits per heavy atom. The zero-order valence-electron chi connectivity index (χ0n) is 12.1. The third-order valence-electron chi connectivity index (χ3n) is 5.81. The van der Waals surface area contributed by atoms with Crippen molar-refractivity contribution < 1.29 is 9.84 Å². The van der Waals surface area contributed by atoms with E-state index in [1.165, 1.54) is 6.42 Å². The number of halogens is 1. The van der Waals surface area contributed by atoms with Crippen molar-refractivity contribution in [3.05, 3.63) is 0 Å². The van der Waals surface area contributed by atoms with Crippen molar-refractivity contribution in [1.29, 1.82) is 0 Å². The first-order chi connectivity index (χ1) is 8.08. The predicted molar refractivity (Wildman–Crippen MR) is 72.8 cm³/mol. The molecule has 1 saturated heterocycles. The molecule has 18 heavy (non-hydrogen) atoms. The number of hydrogen-bond donors (Lipinski definition) is 1. The Kier molecular flexibility index (Phi) is 2.40. The fraction of sp³-hybridized carbons (Fsp3) is 1.00. The van der Waals surface area contributed by atoms with Gasteiger partial charge >= 0.3 is 0 Å². The minimum atomic E-state index is -0.889. The molecule has 5 atom stereocenters. The Balaban J connectivity index is 2.06. The minimum Gasteiger partial charge on any atom is -0.385 e. The average Bonchev–Trinajstić information content (AvgIpc) is 2.80. The van der Waals surface area contributed by atoms with E-state index in [0.717, 1.165) is 12.8 Å². The molecule has 0 aromatic rings. The lowest BCUT2D eigenvalue weighted by Gasteiger charge is -2.43. The number of epoxide rings is 1. The Morgan fingerprint density at radius 3 is 2.39 bits per heavy atom. The molecule has 0 bridgehead atoms. The number of hydrogen-bond acceptors (Lipinski definition) is 2. The van der Waals surface area contributed by atoms with Gasteiger partial charge in [0.05, 0.1) is 5.38 Å². The molecule has 2 aliphatic carbocycles. The molecule has 2 nitrogen and oxygen atoms in total. The Morgan fingerprint density at radius 2 is 1.83 bits per heavy atom. The van der Waals surface area contributed by atoms with E-state index in [1.54, 1.807) is 0 Å². The highest BCUT2D eigenvalue weighted by Crippen LogP contribution is 2.76. The topological polar surface area (TPSA) is 32.8 Å². The van der Waals surface area contributed by atoms with Crippen LogP contribution in [0.25, 0.3) is 0 Å². The van der Waals surface area contributed by atoms with Crippen LogP contribution in [-0.2, 0) is 4.74 Å². The molecule has 0 amide bonds. The van der Waals surface area contributed by atoms with Crippen LogP contribution in [0.3, 0.4) is 0 Å². The van der Waals surface area contributed by atoms with Gasteiger partial charge in [-0.15, -0.1) is 11.6 Å². The number of ether oxygens (including phenoxy) is 1. The summed E-state index contributed by atoms with van der Waals surface area (Å²) in [4.78, 5) is 0. The van der Waals surface area contributed by atoms with Crippen molar-refractivity contribution in [1.82, 2.24) is 0 Å². The van der Waals surface area contributed by atoms with Gasteiger partial charge in [0, 0.05) is 0 Å². The summed E-state index contributed by atoms with van der Waals surface area (Å²) in [5.41, 5.74) is -1.20. The maximum Gasteiger partial charge on any atom is 0.128 e. The molecule has 3 aliphatic rings. The molecule has 3 rings (SSSR count). The highest BCUT2D eigenvalue weighted by atomic mass is 35.5. The van der Waals surface area contributed by atoms with Crippen molar-refractivity contribution in [3.63, 3.8) is 0 Å². The number of rotatable bonds is 1. The van der Waals surface area contributed by atoms with Crippen LogP contribution in [0.15, 0.2) is 0 Å². The average molecular weight is 273 g/mol. The molecule has 1 aliphatic heterocycles. The summed E-state index contributed by atoms with van der Waals surface area (Å²) in [5, 5.41) is 10.6. The molecule has 1 N–H and O–H groups in total. The van der Waals surface area contributed by atoms with Gasteiger partial charge in [-0.25, -0.2) is 0 Å². The van der Waals surface area contributed by atoms with E-state index < -0.39 is 5.60 Å². The molecule has 3 heteroatoms. The van der Waals surface area contributed by atoms with Crippen LogP contribution in [0, 0.1) is 17.3 Å². The standard InChI is InChI=1S/C15H25ClO2/c1-9(2)10-6-12(3,4)8-15-13(5,17)11(16)7-14(10,15)18-15/h9-11,17H,6-8H2,1-5H3. The van der Waals surface area contributed by atoms with Gasteiger partial charge in [0.1, 0.15) is 16.8 Å². The van der Waals surface area contributed by atoms with E-state index in [4.69, 9.17) is 16.3 Å². The van der Waals surface area contributed by atoms with Gasteiger partial charge in [0.15, 0.2) is 0 Å². The lowest BCUT2D eigenvalue weighted by molar-refractivity contribution is -0.0403. The van der Waals surface area contributed by atoms with E-state index in [-0.39, 0.29) is 22.0 Å². The van der Waals surface area contributed by atoms with Crippen molar-refractivity contribution in [2.75, 3.05) is 0 Å². The first kappa shape index (κ1) is 13.2. The van der Waals surface area contributed by atoms with Crippen LogP contribution >= 0.6 is 11.6 Å². The molecule has 0 aromatic carbocycles. The smallest absolute Gasteiger partial charge is 0.128 e. The van der Waals surface area contributed by atoms with E-state index in [1.807, 2.05) is 6.92 Å². The van der Waals surface area contributed by atoms with Crippen LogP contribution in [0.2, 0.25) is 0 Å². The van der Waals surface area contributed by atoms with Crippen molar-refractivity contribution >= 4 is 11.6 Å². The van der Waals surface area contributed by atoms with E-state index >= 15 is 0 Å². The Labute approximate surface area is 115 Å². The minimum absolute atomic E-state index is 0.146. The molecule has 0 aromatic heterocycles. The lowest BCUT2D eigenvalue weighted by Crippen LogP contribution is -2.52. The molecule has 2 saturated carbocycles. The molecule has 1 heterocycles. The highest BCUT2D eigenvalue weighted by Gasteiger charge is 2.87. The summed E-state index contributed by atoms with van der Waals surface area (Å²) in [5.74, 6) is 1.08. The van der Waals surface area contributed by atoms with Crippen LogP contribution in [-0.4, -0.2) is 27.3 Å². The van der Waals surface area contributed by atoms with Crippen LogP contribution in [0.1, 0.15) is 53.9 Å². The maximum absolute atomic E-state index is 10.8. The van der Waals surface area contributed by atoms with E-state index in [0.29, 0.717) is 11.8 Å². The second kappa shape index (κ2) is 3.27. The summed E-state index contributed by atoms with van der Waals surface area (Å²) < 4.78 is 6.25. The fourth-order valence-electron chi connectivity index (χ4n) is 4.91. The first-order valence-corrected chi connectivity index (χ1v) is 7.58. The van der Waals surface area contributed by atoms with Crippen LogP contribution < -0.4 is 0 Å². The number of aliphatic hydroxyl groups is 1. The van der Waals surface area contributed by atoms with Crippen molar-refractivity contribution in [2.24, 2.45) is 17.3 Å². The van der Waals surface area contributed by atoms with Gasteiger partial charge in [-0.2, -0.15) is 0 Å².